The number of amides is 2. The van der Waals surface area contributed by atoms with Gasteiger partial charge in [0, 0.05) is 25.0 Å². The highest BCUT2D eigenvalue weighted by molar-refractivity contribution is 6.07. The second-order valence-electron chi connectivity index (χ2n) is 8.17. The van der Waals surface area contributed by atoms with E-state index in [1.807, 2.05) is 6.07 Å². The van der Waals surface area contributed by atoms with Gasteiger partial charge in [0.2, 0.25) is 5.91 Å². The fraction of sp³-hybridized carbons (Fsp3) is 0.259. The van der Waals surface area contributed by atoms with Gasteiger partial charge in [-0.25, -0.2) is 4.79 Å². The number of anilines is 1. The molecule has 2 aromatic carbocycles. The number of fused-ring (bicyclic) bond motifs is 1. The van der Waals surface area contributed by atoms with Crippen LogP contribution in [0.15, 0.2) is 60.9 Å². The number of rotatable bonds is 7. The Morgan fingerprint density at radius 2 is 1.78 bits per heavy atom. The molecule has 186 valence electrons. The zero-order valence-electron chi connectivity index (χ0n) is 20.5. The van der Waals surface area contributed by atoms with Crippen LogP contribution < -0.4 is 14.8 Å². The lowest BCUT2D eigenvalue weighted by atomic mass is 9.79. The molecule has 1 aliphatic heterocycles. The summed E-state index contributed by atoms with van der Waals surface area (Å²) in [5, 5.41) is 2.89. The van der Waals surface area contributed by atoms with Gasteiger partial charge in [0.1, 0.15) is 0 Å². The maximum Gasteiger partial charge on any atom is 0.340 e. The number of para-hydroxylation sites is 1. The van der Waals surface area contributed by atoms with Crippen LogP contribution in [-0.4, -0.2) is 55.5 Å². The van der Waals surface area contributed by atoms with Crippen molar-refractivity contribution >= 4 is 23.5 Å². The van der Waals surface area contributed by atoms with Crippen LogP contribution in [0, 0.1) is 0 Å². The number of methoxy groups -OCH3 is 2. The number of esters is 1. The molecule has 1 aromatic heterocycles. The van der Waals surface area contributed by atoms with Crippen LogP contribution in [-0.2, 0) is 9.53 Å². The molecule has 0 saturated heterocycles. The third-order valence-corrected chi connectivity index (χ3v) is 6.16. The normalized spacial score (nSPS) is 16.7. The molecular weight excluding hydrogens is 462 g/mol. The van der Waals surface area contributed by atoms with Crippen molar-refractivity contribution in [2.24, 2.45) is 0 Å². The van der Waals surface area contributed by atoms with Crippen LogP contribution >= 0.6 is 0 Å². The summed E-state index contributed by atoms with van der Waals surface area (Å²) in [4.78, 5) is 45.6. The average Bonchev–Trinajstić information content (AvgIpc) is 2.90. The van der Waals surface area contributed by atoms with E-state index in [9.17, 15) is 14.4 Å². The van der Waals surface area contributed by atoms with Gasteiger partial charge in [-0.2, -0.15) is 0 Å². The summed E-state index contributed by atoms with van der Waals surface area (Å²) in [6.07, 6.45) is 3.26. The molecule has 36 heavy (non-hydrogen) atoms. The smallest absolute Gasteiger partial charge is 0.340 e. The zero-order valence-corrected chi connectivity index (χ0v) is 20.5. The van der Waals surface area contributed by atoms with E-state index in [1.165, 1.54) is 19.1 Å². The Morgan fingerprint density at radius 3 is 2.44 bits per heavy atom. The molecule has 0 fully saturated rings. The largest absolute Gasteiger partial charge is 0.493 e. The third-order valence-electron chi connectivity index (χ3n) is 6.16. The number of carbonyl (C=O) groups excluding carboxylic acids is 3. The Morgan fingerprint density at radius 1 is 1.06 bits per heavy atom. The number of nitrogens with one attached hydrogen (secondary N) is 1. The van der Waals surface area contributed by atoms with E-state index in [0.29, 0.717) is 33.9 Å². The Bertz CT molecular complexity index is 1290. The Labute approximate surface area is 209 Å². The van der Waals surface area contributed by atoms with Crippen molar-refractivity contribution in [1.82, 2.24) is 9.88 Å². The molecule has 0 spiro atoms. The second kappa shape index (κ2) is 10.5. The van der Waals surface area contributed by atoms with Gasteiger partial charge in [-0.05, 0) is 48.4 Å². The minimum absolute atomic E-state index is 0.203. The lowest BCUT2D eigenvalue weighted by molar-refractivity contribution is -0.119. The molecular formula is C27H27N3O6. The van der Waals surface area contributed by atoms with Crippen LogP contribution in [0.5, 0.6) is 11.5 Å². The summed E-state index contributed by atoms with van der Waals surface area (Å²) in [6.45, 7) is 1.92. The summed E-state index contributed by atoms with van der Waals surface area (Å²) in [5.74, 6) is -1.29. The first-order valence-electron chi connectivity index (χ1n) is 11.4. The van der Waals surface area contributed by atoms with Gasteiger partial charge in [0.05, 0.1) is 44.0 Å². The topological polar surface area (TPSA) is 107 Å². The number of hydrogen-bond acceptors (Lipinski definition) is 7. The van der Waals surface area contributed by atoms with Crippen molar-refractivity contribution in [2.45, 2.75) is 18.9 Å². The van der Waals surface area contributed by atoms with Gasteiger partial charge in [-0.15, -0.1) is 0 Å². The molecule has 0 radical (unpaired) electrons. The van der Waals surface area contributed by atoms with Crippen LogP contribution in [0.3, 0.4) is 0 Å². The highest BCUT2D eigenvalue weighted by Gasteiger charge is 2.44. The number of nitrogens with zero attached hydrogens (tertiary/aromatic N) is 2. The molecule has 9 heteroatoms. The van der Waals surface area contributed by atoms with E-state index in [-0.39, 0.29) is 18.1 Å². The predicted octanol–water partition coefficient (Wildman–Crippen LogP) is 3.82. The number of ether oxygens (including phenoxy) is 3. The first kappa shape index (κ1) is 24.7. The molecule has 3 aromatic rings. The van der Waals surface area contributed by atoms with Crippen molar-refractivity contribution in [1.29, 1.82) is 0 Å². The van der Waals surface area contributed by atoms with E-state index in [4.69, 9.17) is 14.2 Å². The molecule has 0 bridgehead atoms. The van der Waals surface area contributed by atoms with E-state index >= 15 is 0 Å². The van der Waals surface area contributed by atoms with Gasteiger partial charge in [-0.1, -0.05) is 18.2 Å². The lowest BCUT2D eigenvalue weighted by Crippen LogP contribution is -2.44. The highest BCUT2D eigenvalue weighted by atomic mass is 16.5. The van der Waals surface area contributed by atoms with E-state index in [1.54, 1.807) is 68.8 Å². The number of aromatic nitrogens is 1. The highest BCUT2D eigenvalue weighted by Crippen LogP contribution is 2.45. The summed E-state index contributed by atoms with van der Waals surface area (Å²) in [6, 6.07) is 12.8. The zero-order chi connectivity index (χ0) is 25.8. The Hall–Kier alpha value is -4.40. The fourth-order valence-electron chi connectivity index (χ4n) is 4.49. The molecule has 0 unspecified atom stereocenters. The average molecular weight is 490 g/mol. The van der Waals surface area contributed by atoms with Crippen molar-refractivity contribution < 1.29 is 28.6 Å². The van der Waals surface area contributed by atoms with Crippen LogP contribution in [0.1, 0.15) is 50.7 Å². The Balaban J connectivity index is 1.85. The van der Waals surface area contributed by atoms with Gasteiger partial charge in [-0.3, -0.25) is 14.6 Å². The quantitative estimate of drug-likeness (QED) is 0.503. The minimum atomic E-state index is -0.845. The first-order chi connectivity index (χ1) is 17.4. The SMILES string of the molecule is CCOC(=O)c1ccccc1NC(=O)[C@@H]1c2cc(OC)c(OC)cc2C(=O)N(C)[C@H]1c1cccnc1. The lowest BCUT2D eigenvalue weighted by Gasteiger charge is -2.40. The molecule has 0 saturated carbocycles. The standard InChI is InChI=1S/C27H27N3O6/c1-5-36-27(33)17-10-6-7-11-20(17)29-25(31)23-18-13-21(34-3)22(35-4)14-19(18)26(32)30(2)24(23)16-9-8-12-28-15-16/h6-15,23-24H,5H2,1-4H3,(H,29,31)/t23-,24+/m1/s1. The number of hydrogen-bond donors (Lipinski definition) is 1. The summed E-state index contributed by atoms with van der Waals surface area (Å²) in [7, 11) is 4.62. The van der Waals surface area contributed by atoms with Crippen molar-refractivity contribution in [2.75, 3.05) is 33.2 Å². The first-order valence-corrected chi connectivity index (χ1v) is 11.4. The summed E-state index contributed by atoms with van der Waals surface area (Å²) in [5.41, 5.74) is 2.04. The number of pyridine rings is 1. The molecule has 1 aliphatic rings. The van der Waals surface area contributed by atoms with Crippen molar-refractivity contribution in [3.8, 4) is 11.5 Å². The predicted molar refractivity (Wildman–Crippen MR) is 132 cm³/mol. The molecule has 1 N–H and O–H groups in total. The van der Waals surface area contributed by atoms with Crippen LogP contribution in [0.4, 0.5) is 5.69 Å². The maximum atomic E-state index is 14.0. The Kier molecular flexibility index (Phi) is 7.19. The van der Waals surface area contributed by atoms with Crippen LogP contribution in [0.25, 0.3) is 0 Å². The number of carbonyl (C=O) groups is 3. The van der Waals surface area contributed by atoms with E-state index < -0.39 is 23.8 Å². The van der Waals surface area contributed by atoms with Gasteiger partial charge in [0.15, 0.2) is 11.5 Å². The van der Waals surface area contributed by atoms with Crippen LogP contribution in [0.2, 0.25) is 0 Å². The van der Waals surface area contributed by atoms with Crippen molar-refractivity contribution in [3.63, 3.8) is 0 Å². The van der Waals surface area contributed by atoms with Gasteiger partial charge < -0.3 is 24.4 Å². The molecule has 9 nitrogen and oxygen atoms in total. The van der Waals surface area contributed by atoms with E-state index in [2.05, 4.69) is 10.3 Å². The minimum Gasteiger partial charge on any atom is -0.493 e. The van der Waals surface area contributed by atoms with E-state index in [0.717, 1.165) is 0 Å². The monoisotopic (exact) mass is 489 g/mol. The van der Waals surface area contributed by atoms with Gasteiger partial charge in [0.25, 0.3) is 5.91 Å². The maximum absolute atomic E-state index is 14.0. The summed E-state index contributed by atoms with van der Waals surface area (Å²) < 4.78 is 16.0. The third kappa shape index (κ3) is 4.47. The van der Waals surface area contributed by atoms with Gasteiger partial charge >= 0.3 is 5.97 Å². The summed E-state index contributed by atoms with van der Waals surface area (Å²) >= 11 is 0. The fourth-order valence-corrected chi connectivity index (χ4v) is 4.49. The number of likely N-dealkylation sites (N-methyl/N-ethyl adjacent to an activating group) is 1. The molecule has 0 aliphatic carbocycles. The molecule has 2 atom stereocenters. The molecule has 2 heterocycles. The van der Waals surface area contributed by atoms with Crippen molar-refractivity contribution in [3.05, 3.63) is 83.2 Å². The second-order valence-corrected chi connectivity index (χ2v) is 8.17. The molecule has 4 rings (SSSR count). The molecule has 2 amide bonds. The number of benzene rings is 2.